The van der Waals surface area contributed by atoms with E-state index < -0.39 is 0 Å². The van der Waals surface area contributed by atoms with E-state index in [1.165, 1.54) is 0 Å². The maximum absolute atomic E-state index is 6.04. The number of nitrogens with two attached hydrogens (primary N) is 1. The van der Waals surface area contributed by atoms with E-state index in [9.17, 15) is 0 Å². The van der Waals surface area contributed by atoms with Gasteiger partial charge in [-0.15, -0.1) is 0 Å². The maximum Gasteiger partial charge on any atom is 0.139 e. The SMILES string of the molecule is NC1CCC(Oc2cc(Cl)ccc2Cl)CC1. The van der Waals surface area contributed by atoms with Gasteiger partial charge in [0.25, 0.3) is 0 Å². The normalized spacial score (nSPS) is 25.4. The van der Waals surface area contributed by atoms with E-state index in [0.717, 1.165) is 25.7 Å². The van der Waals surface area contributed by atoms with Crippen molar-refractivity contribution in [2.75, 3.05) is 0 Å². The van der Waals surface area contributed by atoms with E-state index in [4.69, 9.17) is 33.7 Å². The molecule has 1 aromatic carbocycles. The highest BCUT2D eigenvalue weighted by molar-refractivity contribution is 6.34. The Bertz CT molecular complexity index is 362. The van der Waals surface area contributed by atoms with Gasteiger partial charge < -0.3 is 10.5 Å². The standard InChI is InChI=1S/C12H15Cl2NO/c13-8-1-6-11(14)12(7-8)16-10-4-2-9(15)3-5-10/h1,6-7,9-10H,2-5,15H2. The van der Waals surface area contributed by atoms with Crippen LogP contribution in [0.1, 0.15) is 25.7 Å². The second-order valence-electron chi connectivity index (χ2n) is 4.23. The van der Waals surface area contributed by atoms with Gasteiger partial charge in [-0.3, -0.25) is 0 Å². The number of hydrogen-bond acceptors (Lipinski definition) is 2. The molecule has 0 amide bonds. The molecular formula is C12H15Cl2NO. The number of ether oxygens (including phenoxy) is 1. The predicted octanol–water partition coefficient (Wildman–Crippen LogP) is 3.64. The predicted molar refractivity (Wildman–Crippen MR) is 67.3 cm³/mol. The van der Waals surface area contributed by atoms with E-state index in [1.54, 1.807) is 18.2 Å². The fourth-order valence-corrected chi connectivity index (χ4v) is 2.28. The highest BCUT2D eigenvalue weighted by Gasteiger charge is 2.20. The van der Waals surface area contributed by atoms with Gasteiger partial charge >= 0.3 is 0 Å². The lowest BCUT2D eigenvalue weighted by molar-refractivity contribution is 0.147. The summed E-state index contributed by atoms with van der Waals surface area (Å²) in [6.45, 7) is 0. The average molecular weight is 260 g/mol. The maximum atomic E-state index is 6.04. The summed E-state index contributed by atoms with van der Waals surface area (Å²) in [4.78, 5) is 0. The molecule has 16 heavy (non-hydrogen) atoms. The molecule has 1 saturated carbocycles. The largest absolute Gasteiger partial charge is 0.489 e. The Hall–Kier alpha value is -0.440. The summed E-state index contributed by atoms with van der Waals surface area (Å²) in [5, 5.41) is 1.26. The summed E-state index contributed by atoms with van der Waals surface area (Å²) in [5.41, 5.74) is 5.84. The van der Waals surface area contributed by atoms with Crippen LogP contribution in [0.3, 0.4) is 0 Å². The molecule has 0 radical (unpaired) electrons. The second kappa shape index (κ2) is 5.26. The van der Waals surface area contributed by atoms with Gasteiger partial charge in [-0.05, 0) is 37.8 Å². The summed E-state index contributed by atoms with van der Waals surface area (Å²) in [6.07, 6.45) is 4.23. The molecule has 0 spiro atoms. The van der Waals surface area contributed by atoms with Crippen LogP contribution in [0.4, 0.5) is 0 Å². The van der Waals surface area contributed by atoms with Crippen molar-refractivity contribution >= 4 is 23.2 Å². The lowest BCUT2D eigenvalue weighted by Crippen LogP contribution is -2.31. The third-order valence-corrected chi connectivity index (χ3v) is 3.45. The summed E-state index contributed by atoms with van der Waals surface area (Å²) in [5.74, 6) is 0.676. The zero-order chi connectivity index (χ0) is 11.5. The van der Waals surface area contributed by atoms with E-state index >= 15 is 0 Å². The lowest BCUT2D eigenvalue weighted by atomic mass is 9.94. The van der Waals surface area contributed by atoms with Crippen LogP contribution in [0.2, 0.25) is 10.0 Å². The zero-order valence-corrected chi connectivity index (χ0v) is 10.5. The molecule has 1 aliphatic carbocycles. The van der Waals surface area contributed by atoms with Gasteiger partial charge in [0.05, 0.1) is 11.1 Å². The lowest BCUT2D eigenvalue weighted by Gasteiger charge is -2.27. The Balaban J connectivity index is 2.00. The van der Waals surface area contributed by atoms with Crippen LogP contribution in [0.15, 0.2) is 18.2 Å². The van der Waals surface area contributed by atoms with Gasteiger partial charge in [-0.25, -0.2) is 0 Å². The van der Waals surface area contributed by atoms with Crippen molar-refractivity contribution in [2.45, 2.75) is 37.8 Å². The van der Waals surface area contributed by atoms with Gasteiger partial charge in [0.15, 0.2) is 0 Å². The molecule has 0 saturated heterocycles. The van der Waals surface area contributed by atoms with Gasteiger partial charge in [0, 0.05) is 17.1 Å². The van der Waals surface area contributed by atoms with Crippen LogP contribution in [-0.4, -0.2) is 12.1 Å². The summed E-state index contributed by atoms with van der Waals surface area (Å²) in [7, 11) is 0. The monoisotopic (exact) mass is 259 g/mol. The Morgan fingerprint density at radius 2 is 1.81 bits per heavy atom. The highest BCUT2D eigenvalue weighted by atomic mass is 35.5. The third kappa shape index (κ3) is 3.03. The Morgan fingerprint density at radius 3 is 2.50 bits per heavy atom. The van der Waals surface area contributed by atoms with E-state index in [1.807, 2.05) is 0 Å². The van der Waals surface area contributed by atoms with Crippen LogP contribution in [0, 0.1) is 0 Å². The van der Waals surface area contributed by atoms with Gasteiger partial charge in [-0.1, -0.05) is 23.2 Å². The fourth-order valence-electron chi connectivity index (χ4n) is 1.95. The van der Waals surface area contributed by atoms with Crippen LogP contribution < -0.4 is 10.5 Å². The molecule has 2 rings (SSSR count). The van der Waals surface area contributed by atoms with Crippen LogP contribution in [0.5, 0.6) is 5.75 Å². The molecule has 0 aromatic heterocycles. The first-order valence-electron chi connectivity index (χ1n) is 5.52. The van der Waals surface area contributed by atoms with E-state index in [0.29, 0.717) is 21.8 Å². The van der Waals surface area contributed by atoms with E-state index in [-0.39, 0.29) is 6.10 Å². The van der Waals surface area contributed by atoms with Gasteiger partial charge in [-0.2, -0.15) is 0 Å². The van der Waals surface area contributed by atoms with Crippen molar-refractivity contribution in [2.24, 2.45) is 5.73 Å². The summed E-state index contributed by atoms with van der Waals surface area (Å²) < 4.78 is 5.84. The third-order valence-electron chi connectivity index (χ3n) is 2.91. The first-order valence-corrected chi connectivity index (χ1v) is 6.28. The Kier molecular flexibility index (Phi) is 3.95. The van der Waals surface area contributed by atoms with Crippen molar-refractivity contribution in [3.63, 3.8) is 0 Å². The van der Waals surface area contributed by atoms with Crippen molar-refractivity contribution in [1.82, 2.24) is 0 Å². The van der Waals surface area contributed by atoms with Crippen molar-refractivity contribution < 1.29 is 4.74 Å². The smallest absolute Gasteiger partial charge is 0.139 e. The summed E-state index contributed by atoms with van der Waals surface area (Å²) >= 11 is 11.9. The molecular weight excluding hydrogens is 245 g/mol. The minimum Gasteiger partial charge on any atom is -0.489 e. The number of halogens is 2. The topological polar surface area (TPSA) is 35.2 Å². The molecule has 0 aliphatic heterocycles. The Morgan fingerprint density at radius 1 is 1.12 bits per heavy atom. The van der Waals surface area contributed by atoms with Crippen molar-refractivity contribution in [3.8, 4) is 5.75 Å². The molecule has 0 bridgehead atoms. The van der Waals surface area contributed by atoms with Gasteiger partial charge in [0.2, 0.25) is 0 Å². The van der Waals surface area contributed by atoms with Crippen molar-refractivity contribution in [3.05, 3.63) is 28.2 Å². The Labute approximate surface area is 106 Å². The number of hydrogen-bond donors (Lipinski definition) is 1. The molecule has 2 N–H and O–H groups in total. The number of rotatable bonds is 2. The number of benzene rings is 1. The van der Waals surface area contributed by atoms with Crippen molar-refractivity contribution in [1.29, 1.82) is 0 Å². The minimum absolute atomic E-state index is 0.218. The molecule has 1 aliphatic rings. The van der Waals surface area contributed by atoms with Crippen LogP contribution in [-0.2, 0) is 0 Å². The molecule has 1 fully saturated rings. The molecule has 2 nitrogen and oxygen atoms in total. The van der Waals surface area contributed by atoms with Crippen LogP contribution in [0.25, 0.3) is 0 Å². The first kappa shape index (κ1) is 12.0. The zero-order valence-electron chi connectivity index (χ0n) is 8.96. The fraction of sp³-hybridized carbons (Fsp3) is 0.500. The second-order valence-corrected chi connectivity index (χ2v) is 5.07. The molecule has 1 aromatic rings. The average Bonchev–Trinajstić information content (AvgIpc) is 2.27. The van der Waals surface area contributed by atoms with E-state index in [2.05, 4.69) is 0 Å². The molecule has 0 unspecified atom stereocenters. The summed E-state index contributed by atoms with van der Waals surface area (Å²) in [6, 6.07) is 5.61. The molecule has 4 heteroatoms. The highest BCUT2D eigenvalue weighted by Crippen LogP contribution is 2.31. The first-order chi connectivity index (χ1) is 7.65. The quantitative estimate of drug-likeness (QED) is 0.881. The molecule has 0 atom stereocenters. The van der Waals surface area contributed by atoms with Crippen LogP contribution >= 0.6 is 23.2 Å². The molecule has 88 valence electrons. The molecule has 0 heterocycles. The minimum atomic E-state index is 0.218. The van der Waals surface area contributed by atoms with Gasteiger partial charge in [0.1, 0.15) is 5.75 Å².